The van der Waals surface area contributed by atoms with Crippen LogP contribution in [0.2, 0.25) is 0 Å². The van der Waals surface area contributed by atoms with E-state index in [0.29, 0.717) is 24.5 Å². The van der Waals surface area contributed by atoms with Crippen molar-refractivity contribution in [1.29, 1.82) is 0 Å². The average Bonchev–Trinajstić information content (AvgIpc) is 3.13. The molecule has 1 saturated heterocycles. The molecule has 1 amide bonds. The van der Waals surface area contributed by atoms with Crippen LogP contribution in [-0.2, 0) is 16.0 Å². The monoisotopic (exact) mass is 361 g/mol. The van der Waals surface area contributed by atoms with Gasteiger partial charge in [-0.2, -0.15) is 0 Å². The molecule has 0 spiro atoms. The molecule has 142 valence electrons. The molecule has 0 aliphatic carbocycles. The van der Waals surface area contributed by atoms with Crippen molar-refractivity contribution in [1.82, 2.24) is 4.90 Å². The molecule has 0 radical (unpaired) electrons. The lowest BCUT2D eigenvalue weighted by Gasteiger charge is -2.28. The number of carbonyl (C=O) groups excluding carboxylic acids is 1. The molecule has 1 aromatic carbocycles. The third-order valence-electron chi connectivity index (χ3n) is 5.59. The van der Waals surface area contributed by atoms with Crippen molar-refractivity contribution >= 4 is 11.9 Å². The fourth-order valence-corrected chi connectivity index (χ4v) is 3.87. The highest BCUT2D eigenvalue weighted by atomic mass is 16.5. The van der Waals surface area contributed by atoms with E-state index < -0.39 is 11.4 Å². The van der Waals surface area contributed by atoms with Gasteiger partial charge in [-0.15, -0.1) is 0 Å². The standard InChI is InChI=1S/C20H27NO5/c1-13(2)20(18(23)24)8-9-21(12-20)16(22)11-25-15-7-5-6-14-10-19(3,4)26-17(14)15/h5-7,13H,8-12H2,1-4H3,(H,23,24). The Hall–Kier alpha value is -2.24. The number of benzene rings is 1. The lowest BCUT2D eigenvalue weighted by Crippen LogP contribution is -2.41. The van der Waals surface area contributed by atoms with Gasteiger partial charge in [-0.25, -0.2) is 0 Å². The molecule has 0 bridgehead atoms. The van der Waals surface area contributed by atoms with Gasteiger partial charge in [0.2, 0.25) is 0 Å². The molecule has 2 aliphatic rings. The Morgan fingerprint density at radius 3 is 2.69 bits per heavy atom. The Kier molecular flexibility index (Phi) is 4.63. The van der Waals surface area contributed by atoms with Crippen molar-refractivity contribution in [3.63, 3.8) is 0 Å². The summed E-state index contributed by atoms with van der Waals surface area (Å²) in [6.07, 6.45) is 1.28. The molecule has 2 aliphatic heterocycles. The number of aliphatic carboxylic acids is 1. The number of amides is 1. The molecule has 3 rings (SSSR count). The quantitative estimate of drug-likeness (QED) is 0.873. The smallest absolute Gasteiger partial charge is 0.311 e. The minimum atomic E-state index is -0.864. The van der Waals surface area contributed by atoms with Gasteiger partial charge in [0.25, 0.3) is 5.91 Å². The molecule has 1 aromatic rings. The zero-order valence-electron chi connectivity index (χ0n) is 15.9. The van der Waals surface area contributed by atoms with Crippen molar-refractivity contribution in [2.24, 2.45) is 11.3 Å². The highest BCUT2D eigenvalue weighted by Crippen LogP contribution is 2.42. The van der Waals surface area contributed by atoms with Gasteiger partial charge in [0, 0.05) is 25.1 Å². The summed E-state index contributed by atoms with van der Waals surface area (Å²) in [6, 6.07) is 5.70. The van der Waals surface area contributed by atoms with E-state index in [2.05, 4.69) is 0 Å². The predicted octanol–water partition coefficient (Wildman–Crippen LogP) is 2.74. The minimum absolute atomic E-state index is 0.0354. The van der Waals surface area contributed by atoms with Crippen LogP contribution in [-0.4, -0.2) is 47.2 Å². The zero-order valence-corrected chi connectivity index (χ0v) is 15.9. The first kappa shape index (κ1) is 18.5. The molecule has 2 heterocycles. The fourth-order valence-electron chi connectivity index (χ4n) is 3.87. The van der Waals surface area contributed by atoms with Crippen LogP contribution in [0.3, 0.4) is 0 Å². The number of carbonyl (C=O) groups is 2. The Bertz CT molecular complexity index is 727. The van der Waals surface area contributed by atoms with Crippen LogP contribution in [0.25, 0.3) is 0 Å². The van der Waals surface area contributed by atoms with Crippen LogP contribution in [0.15, 0.2) is 18.2 Å². The fraction of sp³-hybridized carbons (Fsp3) is 0.600. The molecular formula is C20H27NO5. The first-order valence-corrected chi connectivity index (χ1v) is 9.09. The van der Waals surface area contributed by atoms with Crippen molar-refractivity contribution in [3.8, 4) is 11.5 Å². The number of carboxylic acid groups (broad SMARTS) is 1. The Balaban J connectivity index is 1.65. The molecule has 1 atom stereocenters. The first-order chi connectivity index (χ1) is 12.1. The van der Waals surface area contributed by atoms with Crippen LogP contribution >= 0.6 is 0 Å². The third kappa shape index (κ3) is 3.24. The Morgan fingerprint density at radius 2 is 2.08 bits per heavy atom. The molecule has 1 unspecified atom stereocenters. The van der Waals surface area contributed by atoms with Crippen molar-refractivity contribution in [2.75, 3.05) is 19.7 Å². The lowest BCUT2D eigenvalue weighted by atomic mass is 9.76. The second-order valence-corrected chi connectivity index (χ2v) is 8.25. The normalized spacial score (nSPS) is 23.7. The SMILES string of the molecule is CC(C)C1(C(=O)O)CCN(C(=O)COc2cccc3c2OC(C)(C)C3)C1. The summed E-state index contributed by atoms with van der Waals surface area (Å²) >= 11 is 0. The van der Waals surface area contributed by atoms with Gasteiger partial charge in [0.1, 0.15) is 5.60 Å². The van der Waals surface area contributed by atoms with Crippen LogP contribution < -0.4 is 9.47 Å². The summed E-state index contributed by atoms with van der Waals surface area (Å²) in [5.74, 6) is 0.207. The maximum atomic E-state index is 12.5. The summed E-state index contributed by atoms with van der Waals surface area (Å²) in [7, 11) is 0. The van der Waals surface area contributed by atoms with Crippen LogP contribution in [0.1, 0.15) is 39.7 Å². The number of rotatable bonds is 5. The first-order valence-electron chi connectivity index (χ1n) is 9.09. The largest absolute Gasteiger partial charge is 0.483 e. The Morgan fingerprint density at radius 1 is 1.35 bits per heavy atom. The number of para-hydroxylation sites is 1. The highest BCUT2D eigenvalue weighted by Gasteiger charge is 2.48. The van der Waals surface area contributed by atoms with Gasteiger partial charge in [0.05, 0.1) is 5.41 Å². The second kappa shape index (κ2) is 6.49. The summed E-state index contributed by atoms with van der Waals surface area (Å²) in [5, 5.41) is 9.61. The van der Waals surface area contributed by atoms with E-state index in [9.17, 15) is 14.7 Å². The molecular weight excluding hydrogens is 334 g/mol. The van der Waals surface area contributed by atoms with E-state index in [1.54, 1.807) is 11.0 Å². The highest BCUT2D eigenvalue weighted by molar-refractivity contribution is 5.81. The van der Waals surface area contributed by atoms with Gasteiger partial charge in [-0.3, -0.25) is 9.59 Å². The number of ether oxygens (including phenoxy) is 2. The van der Waals surface area contributed by atoms with Gasteiger partial charge in [-0.05, 0) is 32.3 Å². The predicted molar refractivity (Wildman–Crippen MR) is 96.5 cm³/mol. The number of likely N-dealkylation sites (tertiary alicyclic amines) is 1. The van der Waals surface area contributed by atoms with Gasteiger partial charge >= 0.3 is 5.97 Å². The zero-order chi connectivity index (χ0) is 19.1. The van der Waals surface area contributed by atoms with Crippen molar-refractivity contribution < 1.29 is 24.2 Å². The molecule has 6 heteroatoms. The maximum absolute atomic E-state index is 12.5. The second-order valence-electron chi connectivity index (χ2n) is 8.25. The molecule has 1 fully saturated rings. The Labute approximate surface area is 154 Å². The van der Waals surface area contributed by atoms with Crippen LogP contribution in [0.5, 0.6) is 11.5 Å². The number of hydrogen-bond acceptors (Lipinski definition) is 4. The van der Waals surface area contributed by atoms with Gasteiger partial charge < -0.3 is 19.5 Å². The number of nitrogens with zero attached hydrogens (tertiary/aromatic N) is 1. The third-order valence-corrected chi connectivity index (χ3v) is 5.59. The van der Waals surface area contributed by atoms with E-state index in [-0.39, 0.29) is 30.6 Å². The molecule has 0 saturated carbocycles. The molecule has 26 heavy (non-hydrogen) atoms. The average molecular weight is 361 g/mol. The van der Waals surface area contributed by atoms with E-state index >= 15 is 0 Å². The number of fused-ring (bicyclic) bond motifs is 1. The summed E-state index contributed by atoms with van der Waals surface area (Å²) in [5.41, 5.74) is -0.0681. The van der Waals surface area contributed by atoms with Crippen LogP contribution in [0, 0.1) is 11.3 Å². The number of carboxylic acids is 1. The van der Waals surface area contributed by atoms with Crippen molar-refractivity contribution in [2.45, 2.75) is 46.1 Å². The number of hydrogen-bond donors (Lipinski definition) is 1. The van der Waals surface area contributed by atoms with Gasteiger partial charge in [0.15, 0.2) is 18.1 Å². The van der Waals surface area contributed by atoms with E-state index in [4.69, 9.17) is 9.47 Å². The molecule has 1 N–H and O–H groups in total. The van der Waals surface area contributed by atoms with E-state index in [1.807, 2.05) is 39.8 Å². The minimum Gasteiger partial charge on any atom is -0.483 e. The lowest BCUT2D eigenvalue weighted by molar-refractivity contribution is -0.151. The topological polar surface area (TPSA) is 76.1 Å². The van der Waals surface area contributed by atoms with Crippen molar-refractivity contribution in [3.05, 3.63) is 23.8 Å². The molecule has 0 aromatic heterocycles. The molecule has 6 nitrogen and oxygen atoms in total. The maximum Gasteiger partial charge on any atom is 0.311 e. The van der Waals surface area contributed by atoms with E-state index in [0.717, 1.165) is 12.0 Å². The van der Waals surface area contributed by atoms with Gasteiger partial charge in [-0.1, -0.05) is 26.0 Å². The summed E-state index contributed by atoms with van der Waals surface area (Å²) in [4.78, 5) is 25.9. The van der Waals surface area contributed by atoms with E-state index in [1.165, 1.54) is 0 Å². The summed E-state index contributed by atoms with van der Waals surface area (Å²) < 4.78 is 11.7. The summed E-state index contributed by atoms with van der Waals surface area (Å²) in [6.45, 7) is 8.39. The van der Waals surface area contributed by atoms with Crippen LogP contribution in [0.4, 0.5) is 0 Å².